The van der Waals surface area contributed by atoms with Crippen molar-refractivity contribution in [2.45, 2.75) is 458 Å². The first kappa shape index (κ1) is 100. The van der Waals surface area contributed by atoms with Crippen LogP contribution < -0.4 is 0 Å². The number of hydrogen-bond donors (Lipinski definition) is 3. The zero-order valence-electron chi connectivity index (χ0n) is 66.9. The Kier molecular flexibility index (Phi) is 73.1. The van der Waals surface area contributed by atoms with Gasteiger partial charge in [0.25, 0.3) is 0 Å². The number of carbonyl (C=O) groups excluding carboxylic acids is 4. The zero-order chi connectivity index (χ0) is 74.9. The summed E-state index contributed by atoms with van der Waals surface area (Å²) in [5, 5.41) is 10.7. The molecular formula is C83H162O17P2. The van der Waals surface area contributed by atoms with Crippen LogP contribution in [-0.4, -0.2) is 96.7 Å². The summed E-state index contributed by atoms with van der Waals surface area (Å²) in [5.41, 5.74) is 0. The smallest absolute Gasteiger partial charge is 0.462 e. The number of unbranched alkanes of at least 4 members (excludes halogenated alkanes) is 51. The number of hydrogen-bond acceptors (Lipinski definition) is 15. The molecule has 6 atom stereocenters. The van der Waals surface area contributed by atoms with Crippen LogP contribution in [0.5, 0.6) is 0 Å². The minimum absolute atomic E-state index is 0.107. The highest BCUT2D eigenvalue weighted by Crippen LogP contribution is 2.45. The molecule has 0 aliphatic carbocycles. The molecule has 3 N–H and O–H groups in total. The molecule has 0 aliphatic heterocycles. The van der Waals surface area contributed by atoms with Gasteiger partial charge in [-0.15, -0.1) is 0 Å². The van der Waals surface area contributed by atoms with Crippen LogP contribution in [0.2, 0.25) is 0 Å². The lowest BCUT2D eigenvalue weighted by molar-refractivity contribution is -0.161. The van der Waals surface area contributed by atoms with E-state index < -0.39 is 97.5 Å². The van der Waals surface area contributed by atoms with Gasteiger partial charge in [-0.1, -0.05) is 388 Å². The second-order valence-electron chi connectivity index (χ2n) is 30.6. The van der Waals surface area contributed by atoms with Crippen molar-refractivity contribution in [2.75, 3.05) is 39.6 Å². The second kappa shape index (κ2) is 74.5. The number of aliphatic hydroxyl groups excluding tert-OH is 1. The maximum atomic E-state index is 13.1. The Morgan fingerprint density at radius 3 is 0.745 bits per heavy atom. The molecule has 0 bridgehead atoms. The van der Waals surface area contributed by atoms with Crippen LogP contribution in [0.15, 0.2) is 0 Å². The van der Waals surface area contributed by atoms with Gasteiger partial charge in [0.15, 0.2) is 12.2 Å². The largest absolute Gasteiger partial charge is 0.472 e. The van der Waals surface area contributed by atoms with Crippen LogP contribution >= 0.6 is 15.6 Å². The average Bonchev–Trinajstić information content (AvgIpc) is 0.914. The van der Waals surface area contributed by atoms with Crippen molar-refractivity contribution >= 4 is 39.5 Å². The Balaban J connectivity index is 5.24. The quantitative estimate of drug-likeness (QED) is 0.0222. The molecule has 0 heterocycles. The van der Waals surface area contributed by atoms with E-state index in [0.717, 1.165) is 102 Å². The lowest BCUT2D eigenvalue weighted by Crippen LogP contribution is -2.30. The number of carbonyl (C=O) groups is 4. The Labute approximate surface area is 626 Å². The minimum atomic E-state index is -4.96. The zero-order valence-corrected chi connectivity index (χ0v) is 68.7. The van der Waals surface area contributed by atoms with E-state index in [0.29, 0.717) is 25.7 Å². The molecule has 102 heavy (non-hydrogen) atoms. The van der Waals surface area contributed by atoms with E-state index in [-0.39, 0.29) is 25.7 Å². The van der Waals surface area contributed by atoms with Crippen LogP contribution in [0.3, 0.4) is 0 Å². The number of aliphatic hydroxyl groups is 1. The highest BCUT2D eigenvalue weighted by molar-refractivity contribution is 7.47. The number of phosphoric ester groups is 2. The van der Waals surface area contributed by atoms with Crippen LogP contribution in [0.1, 0.15) is 440 Å². The SMILES string of the molecule is CCCCCCCCCCCCCCCCCCCCCCC(=O)O[C@H](COC(=O)CCCCCCCCCCCCCCCCC(C)C)COP(=O)(O)OC[C@@H](O)COP(=O)(O)OC[C@@H](COC(=O)CCCCCCCCCCCCC)OC(=O)CCCCCCCCCCCCC(C)CC. The van der Waals surface area contributed by atoms with E-state index in [4.69, 9.17) is 37.0 Å². The lowest BCUT2D eigenvalue weighted by atomic mass is 9.99. The molecule has 0 rings (SSSR count). The summed E-state index contributed by atoms with van der Waals surface area (Å²) in [6.45, 7) is 9.69. The second-order valence-corrected chi connectivity index (χ2v) is 33.5. The van der Waals surface area contributed by atoms with Gasteiger partial charge in [-0.25, -0.2) is 9.13 Å². The summed E-state index contributed by atoms with van der Waals surface area (Å²) in [6.07, 6.45) is 65.1. The molecule has 0 aromatic carbocycles. The summed E-state index contributed by atoms with van der Waals surface area (Å²) in [6, 6.07) is 0. The van der Waals surface area contributed by atoms with Gasteiger partial charge in [-0.2, -0.15) is 0 Å². The van der Waals surface area contributed by atoms with E-state index in [1.54, 1.807) is 0 Å². The standard InChI is InChI=1S/C83H162O17P2/c1-7-10-12-14-16-18-20-21-22-23-24-25-26-27-32-36-43-49-55-61-67-82(87)99-78(72-94-81(86)66-60-54-48-42-35-31-29-28-30-34-39-45-51-57-63-75(4)5)73-97-101(89,90)95-69-77(84)70-96-102(91,92)98-74-79(71-93-80(85)65-59-53-47-41-33-19-17-15-13-11-8-2)100-83(88)68-62-56-50-44-38-37-40-46-52-58-64-76(6)9-3/h75-79,84H,7-74H2,1-6H3,(H,89,90)(H,91,92)/t76?,77-,78-,79-/m1/s1. The highest BCUT2D eigenvalue weighted by atomic mass is 31.2. The van der Waals surface area contributed by atoms with Gasteiger partial charge in [0.05, 0.1) is 26.4 Å². The van der Waals surface area contributed by atoms with Gasteiger partial charge in [0.2, 0.25) is 0 Å². The fourth-order valence-corrected chi connectivity index (χ4v) is 14.4. The van der Waals surface area contributed by atoms with Crippen molar-refractivity contribution in [3.8, 4) is 0 Å². The molecule has 0 saturated heterocycles. The van der Waals surface area contributed by atoms with Crippen molar-refractivity contribution in [3.63, 3.8) is 0 Å². The number of ether oxygens (including phenoxy) is 4. The van der Waals surface area contributed by atoms with Gasteiger partial charge < -0.3 is 33.8 Å². The molecule has 0 fully saturated rings. The summed E-state index contributed by atoms with van der Waals surface area (Å²) in [4.78, 5) is 73.1. The molecule has 606 valence electrons. The maximum Gasteiger partial charge on any atom is 0.472 e. The Morgan fingerprint density at radius 2 is 0.500 bits per heavy atom. The van der Waals surface area contributed by atoms with Crippen LogP contribution in [0.25, 0.3) is 0 Å². The highest BCUT2D eigenvalue weighted by Gasteiger charge is 2.30. The molecule has 0 aliphatic rings. The molecule has 0 amide bonds. The van der Waals surface area contributed by atoms with Crippen molar-refractivity contribution in [1.29, 1.82) is 0 Å². The van der Waals surface area contributed by atoms with Crippen LogP contribution in [0, 0.1) is 11.8 Å². The molecule has 0 radical (unpaired) electrons. The molecule has 0 saturated carbocycles. The van der Waals surface area contributed by atoms with Gasteiger partial charge in [-0.05, 0) is 37.5 Å². The first-order valence-electron chi connectivity index (χ1n) is 43.0. The predicted molar refractivity (Wildman–Crippen MR) is 418 cm³/mol. The summed E-state index contributed by atoms with van der Waals surface area (Å²) in [5.74, 6) is -0.503. The third kappa shape index (κ3) is 74.9. The lowest BCUT2D eigenvalue weighted by Gasteiger charge is -2.21. The Morgan fingerprint density at radius 1 is 0.284 bits per heavy atom. The molecule has 0 aromatic rings. The number of esters is 4. The maximum absolute atomic E-state index is 13.1. The van der Waals surface area contributed by atoms with E-state index in [2.05, 4.69) is 41.5 Å². The van der Waals surface area contributed by atoms with E-state index in [1.165, 1.54) is 257 Å². The summed E-state index contributed by atoms with van der Waals surface area (Å²) >= 11 is 0. The fraction of sp³-hybridized carbons (Fsp3) is 0.952. The van der Waals surface area contributed by atoms with Gasteiger partial charge in [0.1, 0.15) is 19.3 Å². The van der Waals surface area contributed by atoms with E-state index in [9.17, 15) is 43.2 Å². The summed E-state index contributed by atoms with van der Waals surface area (Å²) in [7, 11) is -9.92. The molecule has 17 nitrogen and oxygen atoms in total. The van der Waals surface area contributed by atoms with Crippen molar-refractivity contribution in [2.24, 2.45) is 11.8 Å². The predicted octanol–water partition coefficient (Wildman–Crippen LogP) is 25.1. The Hall–Kier alpha value is -1.94. The van der Waals surface area contributed by atoms with Crippen molar-refractivity contribution in [3.05, 3.63) is 0 Å². The third-order valence-electron chi connectivity index (χ3n) is 19.8. The average molecular weight is 1490 g/mol. The van der Waals surface area contributed by atoms with Crippen LogP contribution in [-0.2, 0) is 65.4 Å². The molecule has 19 heteroatoms. The van der Waals surface area contributed by atoms with Crippen LogP contribution in [0.4, 0.5) is 0 Å². The molecular weight excluding hydrogens is 1330 g/mol. The van der Waals surface area contributed by atoms with Gasteiger partial charge in [-0.3, -0.25) is 37.3 Å². The van der Waals surface area contributed by atoms with E-state index in [1.807, 2.05) is 0 Å². The van der Waals surface area contributed by atoms with E-state index >= 15 is 0 Å². The topological polar surface area (TPSA) is 237 Å². The van der Waals surface area contributed by atoms with Gasteiger partial charge in [0, 0.05) is 25.7 Å². The van der Waals surface area contributed by atoms with Crippen molar-refractivity contribution < 1.29 is 80.2 Å². The van der Waals surface area contributed by atoms with Gasteiger partial charge >= 0.3 is 39.5 Å². The molecule has 0 aromatic heterocycles. The number of phosphoric acid groups is 2. The first-order chi connectivity index (χ1) is 49.4. The summed E-state index contributed by atoms with van der Waals surface area (Å²) < 4.78 is 68.8. The number of rotatable bonds is 82. The normalized spacial score (nSPS) is 14.1. The molecule has 3 unspecified atom stereocenters. The molecule has 0 spiro atoms. The third-order valence-corrected chi connectivity index (χ3v) is 21.7. The minimum Gasteiger partial charge on any atom is -0.462 e. The monoisotopic (exact) mass is 1490 g/mol. The fourth-order valence-electron chi connectivity index (χ4n) is 12.9. The first-order valence-corrected chi connectivity index (χ1v) is 46.0. The Bertz CT molecular complexity index is 1960. The van der Waals surface area contributed by atoms with Crippen molar-refractivity contribution in [1.82, 2.24) is 0 Å².